The summed E-state index contributed by atoms with van der Waals surface area (Å²) in [4.78, 5) is 21.4. The van der Waals surface area contributed by atoms with Gasteiger partial charge in [0.05, 0.1) is 18.4 Å². The molecule has 0 saturated heterocycles. The van der Waals surface area contributed by atoms with Crippen molar-refractivity contribution in [2.75, 3.05) is 24.3 Å². The topological polar surface area (TPSA) is 73.1 Å². The molecule has 23 heavy (non-hydrogen) atoms. The van der Waals surface area contributed by atoms with Crippen LogP contribution in [-0.4, -0.2) is 30.1 Å². The molecular weight excluding hydrogens is 290 g/mol. The number of pyridine rings is 1. The average Bonchev–Trinajstić information content (AvgIpc) is 2.96. The van der Waals surface area contributed by atoms with E-state index in [-0.39, 0.29) is 6.03 Å². The maximum absolute atomic E-state index is 11.9. The first-order valence-corrected chi connectivity index (χ1v) is 7.37. The number of H-pyrrole nitrogens is 1. The molecule has 0 saturated carbocycles. The van der Waals surface area contributed by atoms with Crippen LogP contribution in [0.2, 0.25) is 0 Å². The predicted octanol–water partition coefficient (Wildman–Crippen LogP) is 2.95. The van der Waals surface area contributed by atoms with E-state index in [2.05, 4.69) is 20.6 Å². The normalized spacial score (nSPS) is 10.5. The average molecular weight is 309 g/mol. The van der Waals surface area contributed by atoms with Crippen molar-refractivity contribution in [3.05, 3.63) is 54.4 Å². The highest BCUT2D eigenvalue weighted by Gasteiger charge is 2.05. The second kappa shape index (κ2) is 6.39. The Bertz CT molecular complexity index is 774. The number of amides is 2. The second-order valence-corrected chi connectivity index (χ2v) is 5.49. The minimum atomic E-state index is -0.261. The van der Waals surface area contributed by atoms with Crippen LogP contribution in [0.4, 0.5) is 16.3 Å². The first kappa shape index (κ1) is 14.9. The van der Waals surface area contributed by atoms with Gasteiger partial charge in [-0.1, -0.05) is 18.2 Å². The van der Waals surface area contributed by atoms with Gasteiger partial charge in [-0.05, 0) is 29.7 Å². The lowest BCUT2D eigenvalue weighted by molar-refractivity contribution is 0.251. The quantitative estimate of drug-likeness (QED) is 0.694. The van der Waals surface area contributed by atoms with E-state index in [0.717, 1.165) is 22.4 Å². The number of hydrogen-bond acceptors (Lipinski definition) is 3. The van der Waals surface area contributed by atoms with E-state index in [9.17, 15) is 4.79 Å². The van der Waals surface area contributed by atoms with Gasteiger partial charge in [0.15, 0.2) is 0 Å². The minimum Gasteiger partial charge on any atom is -0.363 e. The van der Waals surface area contributed by atoms with Gasteiger partial charge in [-0.25, -0.2) is 9.78 Å². The molecule has 3 aromatic rings. The number of fused-ring (bicyclic) bond motifs is 1. The smallest absolute Gasteiger partial charge is 0.319 e. The number of urea groups is 1. The maximum Gasteiger partial charge on any atom is 0.319 e. The fraction of sp³-hybridized carbons (Fsp3) is 0.176. The van der Waals surface area contributed by atoms with Crippen molar-refractivity contribution in [1.82, 2.24) is 15.3 Å². The highest BCUT2D eigenvalue weighted by Crippen LogP contribution is 2.14. The molecule has 3 N–H and O–H groups in total. The van der Waals surface area contributed by atoms with E-state index in [1.807, 2.05) is 61.5 Å². The third kappa shape index (κ3) is 3.60. The summed E-state index contributed by atoms with van der Waals surface area (Å²) in [7, 11) is 3.84. The van der Waals surface area contributed by atoms with Gasteiger partial charge in [-0.2, -0.15) is 0 Å². The SMILES string of the molecule is CN(C)c1ccc(NC(=O)NCc2cc3ccccc3[nH]2)cn1. The van der Waals surface area contributed by atoms with Crippen LogP contribution >= 0.6 is 0 Å². The summed E-state index contributed by atoms with van der Waals surface area (Å²) in [6.45, 7) is 0.434. The Hall–Kier alpha value is -3.02. The van der Waals surface area contributed by atoms with Crippen molar-refractivity contribution in [2.45, 2.75) is 6.54 Å². The van der Waals surface area contributed by atoms with E-state index in [1.165, 1.54) is 0 Å². The summed E-state index contributed by atoms with van der Waals surface area (Å²) < 4.78 is 0. The third-order valence-corrected chi connectivity index (χ3v) is 3.49. The van der Waals surface area contributed by atoms with Gasteiger partial charge >= 0.3 is 6.03 Å². The molecule has 1 aromatic carbocycles. The molecule has 0 aliphatic rings. The zero-order valence-corrected chi connectivity index (χ0v) is 13.1. The van der Waals surface area contributed by atoms with Crippen LogP contribution in [0, 0.1) is 0 Å². The van der Waals surface area contributed by atoms with Gasteiger partial charge in [-0.15, -0.1) is 0 Å². The van der Waals surface area contributed by atoms with Crippen LogP contribution < -0.4 is 15.5 Å². The number of rotatable bonds is 4. The van der Waals surface area contributed by atoms with Gasteiger partial charge in [-0.3, -0.25) is 0 Å². The van der Waals surface area contributed by atoms with Crippen LogP contribution in [0.25, 0.3) is 10.9 Å². The van der Waals surface area contributed by atoms with Crippen molar-refractivity contribution in [2.24, 2.45) is 0 Å². The van der Waals surface area contributed by atoms with Crippen LogP contribution in [-0.2, 0) is 6.54 Å². The zero-order valence-electron chi connectivity index (χ0n) is 13.1. The number of nitrogens with zero attached hydrogens (tertiary/aromatic N) is 2. The molecule has 6 heteroatoms. The third-order valence-electron chi connectivity index (χ3n) is 3.49. The second-order valence-electron chi connectivity index (χ2n) is 5.49. The molecule has 0 aliphatic carbocycles. The fourth-order valence-corrected chi connectivity index (χ4v) is 2.30. The van der Waals surface area contributed by atoms with Crippen LogP contribution in [0.15, 0.2) is 48.7 Å². The van der Waals surface area contributed by atoms with Crippen molar-refractivity contribution < 1.29 is 4.79 Å². The summed E-state index contributed by atoms with van der Waals surface area (Å²) in [6.07, 6.45) is 1.64. The first-order chi connectivity index (χ1) is 11.1. The zero-order chi connectivity index (χ0) is 16.2. The van der Waals surface area contributed by atoms with Crippen LogP contribution in [0.1, 0.15) is 5.69 Å². The number of nitrogens with one attached hydrogen (secondary N) is 3. The first-order valence-electron chi connectivity index (χ1n) is 7.37. The predicted molar refractivity (Wildman–Crippen MR) is 92.7 cm³/mol. The molecule has 0 spiro atoms. The van der Waals surface area contributed by atoms with E-state index >= 15 is 0 Å². The van der Waals surface area contributed by atoms with Gasteiger partial charge in [0.1, 0.15) is 5.82 Å². The Morgan fingerprint density at radius 3 is 2.74 bits per heavy atom. The Morgan fingerprint density at radius 1 is 1.22 bits per heavy atom. The number of para-hydroxylation sites is 1. The lowest BCUT2D eigenvalue weighted by Gasteiger charge is -2.12. The molecule has 2 aromatic heterocycles. The summed E-state index contributed by atoms with van der Waals surface area (Å²) in [5.74, 6) is 0.842. The number of hydrogen-bond donors (Lipinski definition) is 3. The van der Waals surface area contributed by atoms with E-state index in [0.29, 0.717) is 12.2 Å². The van der Waals surface area contributed by atoms with Gasteiger partial charge in [0, 0.05) is 25.3 Å². The molecule has 3 rings (SSSR count). The Labute approximate surface area is 134 Å². The Kier molecular flexibility index (Phi) is 4.14. The number of aromatic nitrogens is 2. The van der Waals surface area contributed by atoms with Crippen molar-refractivity contribution >= 4 is 28.4 Å². The number of carbonyl (C=O) groups excluding carboxylic acids is 1. The molecular formula is C17H19N5O. The Morgan fingerprint density at radius 2 is 2.04 bits per heavy atom. The minimum absolute atomic E-state index is 0.261. The van der Waals surface area contributed by atoms with Crippen molar-refractivity contribution in [3.63, 3.8) is 0 Å². The summed E-state index contributed by atoms with van der Waals surface area (Å²) in [6, 6.07) is 13.5. The summed E-state index contributed by atoms with van der Waals surface area (Å²) >= 11 is 0. The highest BCUT2D eigenvalue weighted by atomic mass is 16.2. The Balaban J connectivity index is 1.56. The molecule has 6 nitrogen and oxygen atoms in total. The molecule has 2 amide bonds. The van der Waals surface area contributed by atoms with Gasteiger partial charge in [0.25, 0.3) is 0 Å². The molecule has 0 unspecified atom stereocenters. The largest absolute Gasteiger partial charge is 0.363 e. The molecule has 0 fully saturated rings. The van der Waals surface area contributed by atoms with E-state index in [1.54, 1.807) is 6.20 Å². The lowest BCUT2D eigenvalue weighted by atomic mass is 10.2. The number of carbonyl (C=O) groups is 1. The van der Waals surface area contributed by atoms with E-state index in [4.69, 9.17) is 0 Å². The molecule has 118 valence electrons. The summed E-state index contributed by atoms with van der Waals surface area (Å²) in [5, 5.41) is 6.73. The van der Waals surface area contributed by atoms with Gasteiger partial charge < -0.3 is 20.5 Å². The molecule has 0 atom stereocenters. The lowest BCUT2D eigenvalue weighted by Crippen LogP contribution is -2.28. The number of benzene rings is 1. The van der Waals surface area contributed by atoms with Crippen LogP contribution in [0.3, 0.4) is 0 Å². The fourth-order valence-electron chi connectivity index (χ4n) is 2.30. The van der Waals surface area contributed by atoms with Gasteiger partial charge in [0.2, 0.25) is 0 Å². The van der Waals surface area contributed by atoms with Crippen molar-refractivity contribution in [1.29, 1.82) is 0 Å². The maximum atomic E-state index is 11.9. The molecule has 2 heterocycles. The van der Waals surface area contributed by atoms with Crippen molar-refractivity contribution in [3.8, 4) is 0 Å². The monoisotopic (exact) mass is 309 g/mol. The summed E-state index contributed by atoms with van der Waals surface area (Å²) in [5.41, 5.74) is 2.68. The number of anilines is 2. The molecule has 0 radical (unpaired) electrons. The van der Waals surface area contributed by atoms with E-state index < -0.39 is 0 Å². The molecule has 0 aliphatic heterocycles. The molecule has 0 bridgehead atoms. The number of aromatic amines is 1. The highest BCUT2D eigenvalue weighted by molar-refractivity contribution is 5.89. The standard InChI is InChI=1S/C17H19N5O/c1-22(2)16-8-7-13(10-18-16)21-17(23)19-11-14-9-12-5-3-4-6-15(12)20-14/h3-10,20H,11H2,1-2H3,(H2,19,21,23). The van der Waals surface area contributed by atoms with Crippen LogP contribution in [0.5, 0.6) is 0 Å².